The predicted octanol–water partition coefficient (Wildman–Crippen LogP) is 0.703. The average molecular weight is 182 g/mol. The summed E-state index contributed by atoms with van der Waals surface area (Å²) in [5, 5.41) is 0. The second-order valence-electron chi connectivity index (χ2n) is 4.28. The van der Waals surface area contributed by atoms with Crippen LogP contribution in [0.5, 0.6) is 0 Å². The molecule has 13 heavy (non-hydrogen) atoms. The van der Waals surface area contributed by atoms with Gasteiger partial charge >= 0.3 is 0 Å². The van der Waals surface area contributed by atoms with Crippen molar-refractivity contribution in [1.29, 1.82) is 0 Å². The van der Waals surface area contributed by atoms with Gasteiger partial charge in [-0.15, -0.1) is 0 Å². The number of amides is 1. The number of likely N-dealkylation sites (N-methyl/N-ethyl adjacent to an activating group) is 1. The molecule has 2 rings (SSSR count). The second-order valence-corrected chi connectivity index (χ2v) is 4.28. The molecule has 1 amide bonds. The molecule has 0 aromatic carbocycles. The summed E-state index contributed by atoms with van der Waals surface area (Å²) < 4.78 is 0. The van der Waals surface area contributed by atoms with Crippen LogP contribution in [0.3, 0.4) is 0 Å². The summed E-state index contributed by atoms with van der Waals surface area (Å²) in [6.45, 7) is 8.17. The fraction of sp³-hybridized carbons (Fsp3) is 0.900. The monoisotopic (exact) mass is 182 g/mol. The minimum Gasteiger partial charge on any atom is -0.339 e. The van der Waals surface area contributed by atoms with Gasteiger partial charge in [0.2, 0.25) is 5.91 Å². The molecule has 74 valence electrons. The Balaban J connectivity index is 1.98. The Morgan fingerprint density at radius 2 is 2.15 bits per heavy atom. The Morgan fingerprint density at radius 3 is 2.69 bits per heavy atom. The van der Waals surface area contributed by atoms with Crippen molar-refractivity contribution in [3.05, 3.63) is 0 Å². The molecule has 0 aliphatic carbocycles. The molecule has 3 heteroatoms. The van der Waals surface area contributed by atoms with Gasteiger partial charge in [0.1, 0.15) is 0 Å². The normalized spacial score (nSPS) is 26.5. The third-order valence-corrected chi connectivity index (χ3v) is 3.54. The first-order valence-corrected chi connectivity index (χ1v) is 5.18. The lowest BCUT2D eigenvalue weighted by Gasteiger charge is -2.52. The number of carbonyl (C=O) groups excluding carboxylic acids is 1. The van der Waals surface area contributed by atoms with Gasteiger partial charge in [-0.05, 0) is 25.9 Å². The molecule has 2 fully saturated rings. The molecular weight excluding hydrogens is 164 g/mol. The zero-order chi connectivity index (χ0) is 9.47. The van der Waals surface area contributed by atoms with E-state index < -0.39 is 0 Å². The minimum absolute atomic E-state index is 0.230. The van der Waals surface area contributed by atoms with Crippen molar-refractivity contribution in [3.8, 4) is 0 Å². The van der Waals surface area contributed by atoms with E-state index in [9.17, 15) is 4.79 Å². The molecule has 2 saturated heterocycles. The first-order chi connectivity index (χ1) is 6.18. The first kappa shape index (κ1) is 9.00. The molecule has 2 aliphatic rings. The molecule has 2 aliphatic heterocycles. The summed E-state index contributed by atoms with van der Waals surface area (Å²) in [6.07, 6.45) is 2.59. The molecule has 0 saturated carbocycles. The van der Waals surface area contributed by atoms with Crippen molar-refractivity contribution >= 4 is 5.91 Å². The maximum absolute atomic E-state index is 11.1. The van der Waals surface area contributed by atoms with Crippen LogP contribution < -0.4 is 0 Å². The summed E-state index contributed by atoms with van der Waals surface area (Å²) in [5.74, 6) is 0.230. The van der Waals surface area contributed by atoms with E-state index >= 15 is 0 Å². The van der Waals surface area contributed by atoms with Crippen molar-refractivity contribution < 1.29 is 4.79 Å². The molecule has 0 unspecified atom stereocenters. The van der Waals surface area contributed by atoms with Gasteiger partial charge in [0.15, 0.2) is 0 Å². The second kappa shape index (κ2) is 2.98. The van der Waals surface area contributed by atoms with E-state index in [1.165, 1.54) is 19.4 Å². The lowest BCUT2D eigenvalue weighted by atomic mass is 9.87. The highest BCUT2D eigenvalue weighted by molar-refractivity contribution is 5.74. The molecular formula is C10H18N2O. The van der Waals surface area contributed by atoms with E-state index in [2.05, 4.69) is 11.8 Å². The van der Waals surface area contributed by atoms with E-state index in [1.807, 2.05) is 4.90 Å². The van der Waals surface area contributed by atoms with Crippen LogP contribution in [-0.4, -0.2) is 47.4 Å². The van der Waals surface area contributed by atoms with Gasteiger partial charge in [-0.25, -0.2) is 0 Å². The van der Waals surface area contributed by atoms with Crippen molar-refractivity contribution in [1.82, 2.24) is 9.80 Å². The number of hydrogen-bond acceptors (Lipinski definition) is 2. The number of carbonyl (C=O) groups is 1. The van der Waals surface area contributed by atoms with Crippen LogP contribution in [-0.2, 0) is 4.79 Å². The highest BCUT2D eigenvalue weighted by atomic mass is 16.2. The third-order valence-electron chi connectivity index (χ3n) is 3.54. The molecule has 3 nitrogen and oxygen atoms in total. The highest BCUT2D eigenvalue weighted by Crippen LogP contribution is 2.37. The minimum atomic E-state index is 0.230. The zero-order valence-electron chi connectivity index (χ0n) is 8.55. The summed E-state index contributed by atoms with van der Waals surface area (Å²) in [5.41, 5.74) is 0.375. The van der Waals surface area contributed by atoms with Crippen LogP contribution in [0.15, 0.2) is 0 Å². The van der Waals surface area contributed by atoms with Crippen LogP contribution in [0.1, 0.15) is 26.7 Å². The average Bonchev–Trinajstić information content (AvgIpc) is 2.43. The van der Waals surface area contributed by atoms with E-state index in [0.717, 1.165) is 19.6 Å². The Labute approximate surface area is 79.7 Å². The predicted molar refractivity (Wildman–Crippen MR) is 51.5 cm³/mol. The lowest BCUT2D eigenvalue weighted by Crippen LogP contribution is -2.68. The number of likely N-dealkylation sites (tertiary alicyclic amines) is 2. The van der Waals surface area contributed by atoms with Crippen LogP contribution in [0.25, 0.3) is 0 Å². The highest BCUT2D eigenvalue weighted by Gasteiger charge is 2.50. The lowest BCUT2D eigenvalue weighted by molar-refractivity contribution is -0.141. The maximum Gasteiger partial charge on any atom is 0.219 e. The smallest absolute Gasteiger partial charge is 0.219 e. The van der Waals surface area contributed by atoms with Gasteiger partial charge in [0, 0.05) is 20.0 Å². The zero-order valence-corrected chi connectivity index (χ0v) is 8.55. The molecule has 2 heterocycles. The third kappa shape index (κ3) is 1.26. The van der Waals surface area contributed by atoms with E-state index in [1.54, 1.807) is 6.92 Å². The van der Waals surface area contributed by atoms with E-state index in [0.29, 0.717) is 5.54 Å². The fourth-order valence-electron chi connectivity index (χ4n) is 2.73. The van der Waals surface area contributed by atoms with Gasteiger partial charge in [-0.3, -0.25) is 9.69 Å². The topological polar surface area (TPSA) is 23.6 Å². The quantitative estimate of drug-likeness (QED) is 0.596. The Bertz CT molecular complexity index is 221. The molecule has 0 bridgehead atoms. The van der Waals surface area contributed by atoms with Gasteiger partial charge in [0.05, 0.1) is 5.54 Å². The first-order valence-electron chi connectivity index (χ1n) is 5.18. The number of rotatable bonds is 1. The van der Waals surface area contributed by atoms with Crippen molar-refractivity contribution in [2.75, 3.05) is 26.2 Å². The Hall–Kier alpha value is -0.570. The summed E-state index contributed by atoms with van der Waals surface area (Å²) in [6, 6.07) is 0. The molecule has 0 aromatic rings. The Morgan fingerprint density at radius 1 is 1.46 bits per heavy atom. The number of hydrogen-bond donors (Lipinski definition) is 0. The molecule has 0 atom stereocenters. The van der Waals surface area contributed by atoms with Crippen LogP contribution >= 0.6 is 0 Å². The summed E-state index contributed by atoms with van der Waals surface area (Å²) >= 11 is 0. The van der Waals surface area contributed by atoms with Crippen molar-refractivity contribution in [3.63, 3.8) is 0 Å². The van der Waals surface area contributed by atoms with Gasteiger partial charge < -0.3 is 4.90 Å². The molecule has 1 spiro atoms. The van der Waals surface area contributed by atoms with Gasteiger partial charge in [-0.2, -0.15) is 0 Å². The van der Waals surface area contributed by atoms with E-state index in [4.69, 9.17) is 0 Å². The largest absolute Gasteiger partial charge is 0.339 e. The molecule has 0 aromatic heterocycles. The van der Waals surface area contributed by atoms with Crippen LogP contribution in [0, 0.1) is 0 Å². The maximum atomic E-state index is 11.1. The van der Waals surface area contributed by atoms with Gasteiger partial charge in [0.25, 0.3) is 0 Å². The molecule has 0 radical (unpaired) electrons. The van der Waals surface area contributed by atoms with Gasteiger partial charge in [-0.1, -0.05) is 6.92 Å². The van der Waals surface area contributed by atoms with Crippen molar-refractivity contribution in [2.45, 2.75) is 32.2 Å². The fourth-order valence-corrected chi connectivity index (χ4v) is 2.73. The number of nitrogens with zero attached hydrogens (tertiary/aromatic N) is 2. The SMILES string of the molecule is CCN1CCCC12CN(C(C)=O)C2. The van der Waals surface area contributed by atoms with Crippen LogP contribution in [0.4, 0.5) is 0 Å². The Kier molecular flexibility index (Phi) is 2.06. The summed E-state index contributed by atoms with van der Waals surface area (Å²) in [4.78, 5) is 15.6. The standard InChI is InChI=1S/C10H18N2O/c1-3-12-6-4-5-10(12)7-11(8-10)9(2)13/h3-8H2,1-2H3. The van der Waals surface area contributed by atoms with Crippen molar-refractivity contribution in [2.24, 2.45) is 0 Å². The molecule has 0 N–H and O–H groups in total. The van der Waals surface area contributed by atoms with Crippen LogP contribution in [0.2, 0.25) is 0 Å². The van der Waals surface area contributed by atoms with E-state index in [-0.39, 0.29) is 5.91 Å². The summed E-state index contributed by atoms with van der Waals surface area (Å²) in [7, 11) is 0.